The number of H-pyrrole nitrogens is 1. The summed E-state index contributed by atoms with van der Waals surface area (Å²) in [6.07, 6.45) is 5.89. The second-order valence-corrected chi connectivity index (χ2v) is 10.7. The van der Waals surface area contributed by atoms with Gasteiger partial charge in [0.2, 0.25) is 5.95 Å². The number of hydrogen-bond donors (Lipinski definition) is 2. The summed E-state index contributed by atoms with van der Waals surface area (Å²) in [6, 6.07) is 4.95. The van der Waals surface area contributed by atoms with Gasteiger partial charge in [-0.1, -0.05) is 0 Å². The molecule has 0 aliphatic carbocycles. The van der Waals surface area contributed by atoms with E-state index in [1.807, 2.05) is 16.0 Å². The molecule has 0 aromatic carbocycles. The number of likely N-dealkylation sites (tertiary alicyclic amines) is 1. The van der Waals surface area contributed by atoms with Crippen molar-refractivity contribution in [2.45, 2.75) is 51.7 Å². The van der Waals surface area contributed by atoms with Gasteiger partial charge in [0.1, 0.15) is 22.5 Å². The summed E-state index contributed by atoms with van der Waals surface area (Å²) in [7, 11) is 0. The summed E-state index contributed by atoms with van der Waals surface area (Å²) in [6.45, 7) is 12.4. The number of aromatic amines is 1. The van der Waals surface area contributed by atoms with Crippen molar-refractivity contribution < 1.29 is 4.79 Å². The lowest BCUT2D eigenvalue weighted by molar-refractivity contribution is 0.144. The van der Waals surface area contributed by atoms with E-state index in [0.29, 0.717) is 25.1 Å². The maximum atomic E-state index is 13.0. The lowest BCUT2D eigenvalue weighted by Crippen LogP contribution is -2.60. The number of urea groups is 1. The molecule has 37 heavy (non-hydrogen) atoms. The number of anilines is 2. The zero-order valence-corrected chi connectivity index (χ0v) is 21.9. The molecule has 2 amide bonds. The van der Waals surface area contributed by atoms with Crippen molar-refractivity contribution >= 4 is 28.8 Å². The van der Waals surface area contributed by atoms with Crippen molar-refractivity contribution in [2.75, 3.05) is 55.6 Å². The van der Waals surface area contributed by atoms with Gasteiger partial charge in [-0.3, -0.25) is 5.10 Å². The number of fused-ring (bicyclic) bond motifs is 1. The molecule has 0 unspecified atom stereocenters. The first kappa shape index (κ1) is 23.9. The molecule has 196 valence electrons. The van der Waals surface area contributed by atoms with Crippen LogP contribution in [-0.4, -0.2) is 105 Å². The fourth-order valence-corrected chi connectivity index (χ4v) is 5.96. The first-order valence-electron chi connectivity index (χ1n) is 13.5. The molecule has 3 fully saturated rings. The van der Waals surface area contributed by atoms with Gasteiger partial charge in [0.05, 0.1) is 6.20 Å². The third-order valence-corrected chi connectivity index (χ3v) is 7.80. The van der Waals surface area contributed by atoms with Gasteiger partial charge in [0.15, 0.2) is 0 Å². The van der Waals surface area contributed by atoms with Crippen LogP contribution >= 0.6 is 0 Å². The number of carbonyl (C=O) groups is 1. The predicted molar refractivity (Wildman–Crippen MR) is 144 cm³/mol. The maximum Gasteiger partial charge on any atom is 0.320 e. The Labute approximate surface area is 217 Å². The molecular weight excluding hydrogens is 468 g/mol. The van der Waals surface area contributed by atoms with Crippen LogP contribution in [0.2, 0.25) is 0 Å². The molecule has 3 aromatic heterocycles. The van der Waals surface area contributed by atoms with Crippen molar-refractivity contribution in [3.63, 3.8) is 0 Å². The summed E-state index contributed by atoms with van der Waals surface area (Å²) in [4.78, 5) is 35.9. The molecule has 0 radical (unpaired) electrons. The fraction of sp³-hybridized carbons (Fsp3) is 0.577. The van der Waals surface area contributed by atoms with Crippen molar-refractivity contribution in [2.24, 2.45) is 0 Å². The van der Waals surface area contributed by atoms with Gasteiger partial charge in [-0.05, 0) is 45.7 Å². The molecule has 11 nitrogen and oxygen atoms in total. The fourth-order valence-electron chi connectivity index (χ4n) is 5.96. The standard InChI is InChI=1S/C26H36N10O/c1-17-14-34(11-8-27-17)22-7-6-20(12-28-22)23-24-21(31-32-23)13-29-25(30-24)36-18(2)15-35(16-19(36)3)26(37)33-9-4-5-10-33/h6-7,12-13,17-19,27H,4-5,8-11,14-16H2,1-3H3,(H,31,32)/t17-,18-,19+/m1/s1. The second-order valence-electron chi connectivity index (χ2n) is 10.7. The van der Waals surface area contributed by atoms with Crippen LogP contribution in [0.1, 0.15) is 33.6 Å². The van der Waals surface area contributed by atoms with Crippen molar-refractivity contribution in [1.82, 2.24) is 40.3 Å². The number of amides is 2. The van der Waals surface area contributed by atoms with E-state index in [-0.39, 0.29) is 18.1 Å². The Balaban J connectivity index is 1.22. The van der Waals surface area contributed by atoms with Crippen molar-refractivity contribution in [3.05, 3.63) is 24.5 Å². The van der Waals surface area contributed by atoms with Crippen LogP contribution in [0.25, 0.3) is 22.3 Å². The van der Waals surface area contributed by atoms with Crippen molar-refractivity contribution in [1.29, 1.82) is 0 Å². The quantitative estimate of drug-likeness (QED) is 0.559. The molecule has 6 heterocycles. The summed E-state index contributed by atoms with van der Waals surface area (Å²) < 4.78 is 0. The Bertz CT molecular complexity index is 1240. The van der Waals surface area contributed by atoms with E-state index >= 15 is 0 Å². The number of piperazine rings is 2. The van der Waals surface area contributed by atoms with E-state index in [1.54, 1.807) is 6.20 Å². The molecule has 3 saturated heterocycles. The highest BCUT2D eigenvalue weighted by Gasteiger charge is 2.35. The number of rotatable bonds is 3. The topological polar surface area (TPSA) is 109 Å². The highest BCUT2D eigenvalue weighted by molar-refractivity contribution is 5.89. The van der Waals surface area contributed by atoms with Crippen LogP contribution in [0.15, 0.2) is 24.5 Å². The van der Waals surface area contributed by atoms with E-state index in [4.69, 9.17) is 9.97 Å². The minimum atomic E-state index is 0.102. The Kier molecular flexibility index (Phi) is 6.31. The van der Waals surface area contributed by atoms with Crippen LogP contribution in [0.4, 0.5) is 16.6 Å². The first-order valence-corrected chi connectivity index (χ1v) is 13.5. The van der Waals surface area contributed by atoms with Gasteiger partial charge in [0.25, 0.3) is 0 Å². The average Bonchev–Trinajstić information content (AvgIpc) is 3.58. The van der Waals surface area contributed by atoms with Crippen LogP contribution in [0, 0.1) is 0 Å². The molecule has 3 aromatic rings. The molecule has 3 aliphatic heterocycles. The lowest BCUT2D eigenvalue weighted by Gasteiger charge is -2.45. The largest absolute Gasteiger partial charge is 0.354 e. The molecule has 2 N–H and O–H groups in total. The monoisotopic (exact) mass is 504 g/mol. The van der Waals surface area contributed by atoms with E-state index in [1.165, 1.54) is 0 Å². The summed E-state index contributed by atoms with van der Waals surface area (Å²) in [5.74, 6) is 1.65. The highest BCUT2D eigenvalue weighted by atomic mass is 16.2. The molecule has 3 aliphatic rings. The zero-order chi connectivity index (χ0) is 25.5. The van der Waals surface area contributed by atoms with Gasteiger partial charge in [0, 0.05) is 75.7 Å². The normalized spacial score (nSPS) is 24.8. The van der Waals surface area contributed by atoms with E-state index in [0.717, 1.165) is 73.7 Å². The number of nitrogens with zero attached hydrogens (tertiary/aromatic N) is 8. The van der Waals surface area contributed by atoms with Gasteiger partial charge in [-0.15, -0.1) is 0 Å². The third kappa shape index (κ3) is 4.56. The zero-order valence-electron chi connectivity index (χ0n) is 21.9. The number of carbonyl (C=O) groups excluding carboxylic acids is 1. The summed E-state index contributed by atoms with van der Waals surface area (Å²) >= 11 is 0. The summed E-state index contributed by atoms with van der Waals surface area (Å²) in [5.41, 5.74) is 3.27. The Hall–Kier alpha value is -3.47. The third-order valence-electron chi connectivity index (χ3n) is 7.80. The molecular formula is C26H36N10O. The van der Waals surface area contributed by atoms with E-state index < -0.39 is 0 Å². The SMILES string of the molecule is C[C@@H]1CN(c2ccc(-c3n[nH]c4cnc(N5[C@H](C)CN(C(=O)N6CCCC6)C[C@@H]5C)nc34)cn2)CCN1. The van der Waals surface area contributed by atoms with E-state index in [9.17, 15) is 4.79 Å². The Morgan fingerprint density at radius 1 is 0.946 bits per heavy atom. The molecule has 11 heteroatoms. The minimum Gasteiger partial charge on any atom is -0.354 e. The molecule has 3 atom stereocenters. The number of hydrogen-bond acceptors (Lipinski definition) is 8. The maximum absolute atomic E-state index is 13.0. The molecule has 0 saturated carbocycles. The van der Waals surface area contributed by atoms with Crippen molar-refractivity contribution in [3.8, 4) is 11.3 Å². The molecule has 6 rings (SSSR count). The van der Waals surface area contributed by atoms with Gasteiger partial charge < -0.3 is 24.9 Å². The Morgan fingerprint density at radius 3 is 2.43 bits per heavy atom. The highest BCUT2D eigenvalue weighted by Crippen LogP contribution is 2.29. The number of nitrogens with one attached hydrogen (secondary N) is 2. The van der Waals surface area contributed by atoms with Gasteiger partial charge >= 0.3 is 6.03 Å². The predicted octanol–water partition coefficient (Wildman–Crippen LogP) is 2.33. The first-order chi connectivity index (χ1) is 18.0. The second kappa shape index (κ2) is 9.77. The summed E-state index contributed by atoms with van der Waals surface area (Å²) in [5, 5.41) is 11.1. The molecule has 0 bridgehead atoms. The average molecular weight is 505 g/mol. The molecule has 0 spiro atoms. The van der Waals surface area contributed by atoms with Crippen LogP contribution < -0.4 is 15.1 Å². The van der Waals surface area contributed by atoms with E-state index in [2.05, 4.69) is 63.2 Å². The van der Waals surface area contributed by atoms with Crippen LogP contribution in [0.5, 0.6) is 0 Å². The number of aromatic nitrogens is 5. The van der Waals surface area contributed by atoms with Gasteiger partial charge in [-0.2, -0.15) is 5.10 Å². The smallest absolute Gasteiger partial charge is 0.320 e. The minimum absolute atomic E-state index is 0.102. The Morgan fingerprint density at radius 2 is 1.73 bits per heavy atom. The van der Waals surface area contributed by atoms with Gasteiger partial charge in [-0.25, -0.2) is 19.7 Å². The van der Waals surface area contributed by atoms with Crippen LogP contribution in [-0.2, 0) is 0 Å². The number of pyridine rings is 1. The lowest BCUT2D eigenvalue weighted by atomic mass is 10.1. The van der Waals surface area contributed by atoms with Crippen LogP contribution in [0.3, 0.4) is 0 Å².